The van der Waals surface area contributed by atoms with Gasteiger partial charge in [0.05, 0.1) is 0 Å². The highest BCUT2D eigenvalue weighted by molar-refractivity contribution is 7.89. The lowest BCUT2D eigenvalue weighted by atomic mass is 10.0. The van der Waals surface area contributed by atoms with E-state index in [0.29, 0.717) is 24.2 Å². The number of benzene rings is 2. The summed E-state index contributed by atoms with van der Waals surface area (Å²) in [5.41, 5.74) is 1.23. The van der Waals surface area contributed by atoms with Crippen LogP contribution in [-0.4, -0.2) is 31.6 Å². The van der Waals surface area contributed by atoms with Gasteiger partial charge >= 0.3 is 0 Å². The van der Waals surface area contributed by atoms with Gasteiger partial charge in [-0.05, 0) is 18.4 Å². The summed E-state index contributed by atoms with van der Waals surface area (Å²) >= 11 is 0. The topological polar surface area (TPSA) is 54.5 Å². The van der Waals surface area contributed by atoms with Gasteiger partial charge in [-0.25, -0.2) is 12.7 Å². The molecule has 5 heteroatoms. The van der Waals surface area contributed by atoms with E-state index in [2.05, 4.69) is 0 Å². The summed E-state index contributed by atoms with van der Waals surface area (Å²) < 4.78 is 28.0. The maximum atomic E-state index is 13.2. The number of carbonyl (C=O) groups excluding carboxylic acids is 1. The minimum absolute atomic E-state index is 0.0349. The van der Waals surface area contributed by atoms with Gasteiger partial charge in [0.15, 0.2) is 5.78 Å². The zero-order valence-corrected chi connectivity index (χ0v) is 15.0. The van der Waals surface area contributed by atoms with E-state index in [1.165, 1.54) is 0 Å². The minimum Gasteiger partial charge on any atom is -0.294 e. The molecule has 1 aliphatic heterocycles. The van der Waals surface area contributed by atoms with Crippen molar-refractivity contribution in [3.05, 3.63) is 71.8 Å². The van der Waals surface area contributed by atoms with Gasteiger partial charge in [0, 0.05) is 25.1 Å². The standard InChI is InChI=1S/C20H23NO3S/c22-19(17-10-4-1-5-11-17)16-20(18-12-6-2-7-13-18)25(23,24)21-14-8-3-9-15-21/h1-2,4-7,10-13,20H,3,8-9,14-16H2/t20-/m0/s1. The summed E-state index contributed by atoms with van der Waals surface area (Å²) in [6, 6.07) is 18.0. The second kappa shape index (κ2) is 7.93. The first-order valence-corrected chi connectivity index (χ1v) is 10.2. The smallest absolute Gasteiger partial charge is 0.221 e. The van der Waals surface area contributed by atoms with Crippen LogP contribution in [0.15, 0.2) is 60.7 Å². The molecule has 1 atom stereocenters. The predicted molar refractivity (Wildman–Crippen MR) is 98.9 cm³/mol. The van der Waals surface area contributed by atoms with Crippen LogP contribution in [0.4, 0.5) is 0 Å². The van der Waals surface area contributed by atoms with E-state index in [1.54, 1.807) is 40.7 Å². The number of carbonyl (C=O) groups is 1. The van der Waals surface area contributed by atoms with Crippen LogP contribution in [0.2, 0.25) is 0 Å². The number of ketones is 1. The lowest BCUT2D eigenvalue weighted by Crippen LogP contribution is -2.39. The molecule has 0 N–H and O–H groups in total. The zero-order chi connectivity index (χ0) is 17.7. The normalized spacial score (nSPS) is 17.1. The number of rotatable bonds is 6. The van der Waals surface area contributed by atoms with Gasteiger partial charge in [0.2, 0.25) is 10.0 Å². The summed E-state index contributed by atoms with van der Waals surface area (Å²) in [6.07, 6.45) is 2.79. The van der Waals surface area contributed by atoms with Crippen molar-refractivity contribution in [1.29, 1.82) is 0 Å². The lowest BCUT2D eigenvalue weighted by Gasteiger charge is -2.30. The SMILES string of the molecule is O=C(C[C@@H](c1ccccc1)S(=O)(=O)N1CCCCC1)c1ccccc1. The maximum Gasteiger partial charge on any atom is 0.221 e. The Balaban J connectivity index is 1.91. The van der Waals surface area contributed by atoms with E-state index < -0.39 is 15.3 Å². The lowest BCUT2D eigenvalue weighted by molar-refractivity contribution is 0.0980. The summed E-state index contributed by atoms with van der Waals surface area (Å²) in [7, 11) is -3.57. The molecule has 25 heavy (non-hydrogen) atoms. The molecule has 132 valence electrons. The molecular formula is C20H23NO3S. The Morgan fingerprint density at radius 1 is 0.880 bits per heavy atom. The number of hydrogen-bond donors (Lipinski definition) is 0. The second-order valence-electron chi connectivity index (χ2n) is 6.40. The largest absolute Gasteiger partial charge is 0.294 e. The Bertz CT molecular complexity index is 797. The monoisotopic (exact) mass is 357 g/mol. The van der Waals surface area contributed by atoms with Crippen LogP contribution in [-0.2, 0) is 10.0 Å². The van der Waals surface area contributed by atoms with Crippen molar-refractivity contribution in [3.8, 4) is 0 Å². The second-order valence-corrected chi connectivity index (χ2v) is 8.51. The average molecular weight is 357 g/mol. The number of piperidine rings is 1. The Hall–Kier alpha value is -1.98. The molecular weight excluding hydrogens is 334 g/mol. The third kappa shape index (κ3) is 4.17. The van der Waals surface area contributed by atoms with Gasteiger partial charge in [-0.15, -0.1) is 0 Å². The molecule has 3 rings (SSSR count). The molecule has 2 aromatic rings. The fraction of sp³-hybridized carbons (Fsp3) is 0.350. The van der Waals surface area contributed by atoms with Gasteiger partial charge in [-0.2, -0.15) is 0 Å². The fourth-order valence-electron chi connectivity index (χ4n) is 3.27. The molecule has 0 amide bonds. The highest BCUT2D eigenvalue weighted by Crippen LogP contribution is 2.32. The van der Waals surface area contributed by atoms with E-state index in [-0.39, 0.29) is 12.2 Å². The molecule has 0 aromatic heterocycles. The van der Waals surface area contributed by atoms with E-state index in [4.69, 9.17) is 0 Å². The quantitative estimate of drug-likeness (QED) is 0.739. The highest BCUT2D eigenvalue weighted by atomic mass is 32.2. The summed E-state index contributed by atoms with van der Waals surface area (Å²) in [5.74, 6) is -0.143. The van der Waals surface area contributed by atoms with Crippen LogP contribution in [0, 0.1) is 0 Å². The first kappa shape index (κ1) is 17.8. The molecule has 1 fully saturated rings. The Morgan fingerprint density at radius 2 is 1.44 bits per heavy atom. The molecule has 0 saturated carbocycles. The molecule has 0 radical (unpaired) electrons. The molecule has 0 aliphatic carbocycles. The van der Waals surface area contributed by atoms with E-state index in [0.717, 1.165) is 19.3 Å². The summed E-state index contributed by atoms with van der Waals surface area (Å²) in [5, 5.41) is -0.834. The zero-order valence-electron chi connectivity index (χ0n) is 14.2. The van der Waals surface area contributed by atoms with Crippen LogP contribution < -0.4 is 0 Å². The van der Waals surface area contributed by atoms with Crippen LogP contribution in [0.5, 0.6) is 0 Å². The third-order valence-electron chi connectivity index (χ3n) is 4.67. The van der Waals surface area contributed by atoms with Crippen molar-refractivity contribution in [2.24, 2.45) is 0 Å². The van der Waals surface area contributed by atoms with Crippen LogP contribution in [0.3, 0.4) is 0 Å². The Morgan fingerprint density at radius 3 is 2.04 bits per heavy atom. The molecule has 2 aromatic carbocycles. The molecule has 0 unspecified atom stereocenters. The van der Waals surface area contributed by atoms with Gasteiger partial charge in [0.1, 0.15) is 5.25 Å². The summed E-state index contributed by atoms with van der Waals surface area (Å²) in [6.45, 7) is 1.09. The van der Waals surface area contributed by atoms with Crippen LogP contribution in [0.1, 0.15) is 46.9 Å². The first-order valence-electron chi connectivity index (χ1n) is 8.71. The van der Waals surface area contributed by atoms with Crippen LogP contribution in [0.25, 0.3) is 0 Å². The molecule has 0 spiro atoms. The van der Waals surface area contributed by atoms with Crippen molar-refractivity contribution in [2.75, 3.05) is 13.1 Å². The Labute approximate surface area is 149 Å². The molecule has 1 aliphatic rings. The van der Waals surface area contributed by atoms with Gasteiger partial charge in [0.25, 0.3) is 0 Å². The highest BCUT2D eigenvalue weighted by Gasteiger charge is 2.35. The predicted octanol–water partition coefficient (Wildman–Crippen LogP) is 3.82. The van der Waals surface area contributed by atoms with Gasteiger partial charge in [-0.3, -0.25) is 4.79 Å². The molecule has 4 nitrogen and oxygen atoms in total. The molecule has 1 heterocycles. The van der Waals surface area contributed by atoms with Crippen molar-refractivity contribution in [1.82, 2.24) is 4.31 Å². The van der Waals surface area contributed by atoms with Crippen molar-refractivity contribution in [3.63, 3.8) is 0 Å². The minimum atomic E-state index is -3.57. The van der Waals surface area contributed by atoms with Crippen molar-refractivity contribution in [2.45, 2.75) is 30.9 Å². The van der Waals surface area contributed by atoms with Crippen molar-refractivity contribution < 1.29 is 13.2 Å². The van der Waals surface area contributed by atoms with Crippen LogP contribution >= 0.6 is 0 Å². The van der Waals surface area contributed by atoms with Gasteiger partial charge < -0.3 is 0 Å². The van der Waals surface area contributed by atoms with E-state index in [9.17, 15) is 13.2 Å². The number of nitrogens with zero attached hydrogens (tertiary/aromatic N) is 1. The maximum absolute atomic E-state index is 13.2. The number of Topliss-reactive ketones (excluding diaryl/α,β-unsaturated/α-hetero) is 1. The molecule has 1 saturated heterocycles. The van der Waals surface area contributed by atoms with Gasteiger partial charge in [-0.1, -0.05) is 67.1 Å². The van der Waals surface area contributed by atoms with E-state index in [1.807, 2.05) is 24.3 Å². The molecule has 0 bridgehead atoms. The van der Waals surface area contributed by atoms with E-state index >= 15 is 0 Å². The number of hydrogen-bond acceptors (Lipinski definition) is 3. The van der Waals surface area contributed by atoms with Crippen molar-refractivity contribution >= 4 is 15.8 Å². The average Bonchev–Trinajstić information content (AvgIpc) is 2.68. The number of sulfonamides is 1. The third-order valence-corrected chi connectivity index (χ3v) is 6.92. The fourth-order valence-corrected chi connectivity index (χ4v) is 5.26. The summed E-state index contributed by atoms with van der Waals surface area (Å²) in [4.78, 5) is 12.7. The first-order chi connectivity index (χ1) is 12.1. The Kier molecular flexibility index (Phi) is 5.66.